The van der Waals surface area contributed by atoms with Crippen molar-refractivity contribution in [3.8, 4) is 0 Å². The van der Waals surface area contributed by atoms with Crippen LogP contribution in [0.5, 0.6) is 0 Å². The molecule has 5 nitrogen and oxygen atoms in total. The van der Waals surface area contributed by atoms with E-state index in [0.717, 1.165) is 37.0 Å². The third kappa shape index (κ3) is 4.05. The molecule has 0 bridgehead atoms. The summed E-state index contributed by atoms with van der Waals surface area (Å²) in [5.74, 6) is -0.156. The summed E-state index contributed by atoms with van der Waals surface area (Å²) in [6.45, 7) is 4.16. The summed E-state index contributed by atoms with van der Waals surface area (Å²) >= 11 is 0. The fourth-order valence-electron chi connectivity index (χ4n) is 3.78. The highest BCUT2D eigenvalue weighted by molar-refractivity contribution is 5.92. The first-order valence-electron chi connectivity index (χ1n) is 9.51. The van der Waals surface area contributed by atoms with Crippen molar-refractivity contribution in [2.45, 2.75) is 19.9 Å². The first-order valence-corrected chi connectivity index (χ1v) is 9.51. The lowest BCUT2D eigenvalue weighted by atomic mass is 9.99. The molecule has 1 atom stereocenters. The third-order valence-electron chi connectivity index (χ3n) is 5.12. The molecular formula is C23H23N2O3+. The molecule has 3 aromatic rings. The van der Waals surface area contributed by atoms with Crippen LogP contribution in [0.2, 0.25) is 0 Å². The Hall–Kier alpha value is -3.18. The standard InChI is InChI=1S/C23H22N2O3/c1-16(26)24-20-7-8-21-19(13-23(27)28-22(21)14-20)15-25-11-9-18(10-12-25)17-5-3-2-4-6-17/h2-9,13-14H,10-12,15H2,1H3,(H,24,26)/p+1. The van der Waals surface area contributed by atoms with E-state index in [1.54, 1.807) is 12.1 Å². The van der Waals surface area contributed by atoms with Gasteiger partial charge in [-0.15, -0.1) is 0 Å². The number of fused-ring (bicyclic) bond motifs is 1. The molecule has 28 heavy (non-hydrogen) atoms. The van der Waals surface area contributed by atoms with E-state index in [9.17, 15) is 9.59 Å². The van der Waals surface area contributed by atoms with E-state index in [0.29, 0.717) is 11.3 Å². The molecule has 0 spiro atoms. The fraction of sp³-hybridized carbons (Fsp3) is 0.217. The van der Waals surface area contributed by atoms with E-state index in [1.807, 2.05) is 18.2 Å². The highest BCUT2D eigenvalue weighted by atomic mass is 16.4. The predicted octanol–water partition coefficient (Wildman–Crippen LogP) is 2.62. The van der Waals surface area contributed by atoms with Crippen LogP contribution in [0, 0.1) is 0 Å². The second kappa shape index (κ2) is 7.82. The Morgan fingerprint density at radius 2 is 1.96 bits per heavy atom. The minimum Gasteiger partial charge on any atom is -0.423 e. The van der Waals surface area contributed by atoms with Crippen molar-refractivity contribution in [1.82, 2.24) is 0 Å². The summed E-state index contributed by atoms with van der Waals surface area (Å²) in [6.07, 6.45) is 3.32. The average Bonchev–Trinajstić information content (AvgIpc) is 2.68. The van der Waals surface area contributed by atoms with E-state index in [4.69, 9.17) is 4.42 Å². The van der Waals surface area contributed by atoms with Crippen LogP contribution in [0.3, 0.4) is 0 Å². The summed E-state index contributed by atoms with van der Waals surface area (Å²) in [5, 5.41) is 3.64. The highest BCUT2D eigenvalue weighted by Crippen LogP contribution is 2.22. The number of carbonyl (C=O) groups is 1. The maximum Gasteiger partial charge on any atom is 0.336 e. The van der Waals surface area contributed by atoms with Gasteiger partial charge in [0, 0.05) is 42.1 Å². The molecule has 4 rings (SSSR count). The molecule has 2 N–H and O–H groups in total. The van der Waals surface area contributed by atoms with Crippen LogP contribution < -0.4 is 15.8 Å². The SMILES string of the molecule is CC(=O)Nc1ccc2c(C[NH+]3CC=C(c4ccccc4)CC3)cc(=O)oc2c1. The van der Waals surface area contributed by atoms with Crippen molar-refractivity contribution in [1.29, 1.82) is 0 Å². The van der Waals surface area contributed by atoms with Gasteiger partial charge < -0.3 is 14.6 Å². The molecule has 0 fully saturated rings. The van der Waals surface area contributed by atoms with Crippen molar-refractivity contribution < 1.29 is 14.1 Å². The molecule has 1 unspecified atom stereocenters. The van der Waals surface area contributed by atoms with Crippen LogP contribution in [0.15, 0.2) is 69.9 Å². The lowest BCUT2D eigenvalue weighted by Gasteiger charge is -2.24. The lowest BCUT2D eigenvalue weighted by molar-refractivity contribution is -0.908. The van der Waals surface area contributed by atoms with Crippen LogP contribution in [-0.2, 0) is 11.3 Å². The van der Waals surface area contributed by atoms with Gasteiger partial charge in [-0.3, -0.25) is 4.79 Å². The number of anilines is 1. The van der Waals surface area contributed by atoms with E-state index < -0.39 is 0 Å². The number of hydrogen-bond donors (Lipinski definition) is 2. The monoisotopic (exact) mass is 375 g/mol. The Balaban J connectivity index is 1.56. The van der Waals surface area contributed by atoms with E-state index >= 15 is 0 Å². The first kappa shape index (κ1) is 18.2. The quantitative estimate of drug-likeness (QED) is 0.689. The van der Waals surface area contributed by atoms with Gasteiger partial charge in [-0.25, -0.2) is 4.79 Å². The molecule has 1 amide bonds. The number of nitrogens with one attached hydrogen (secondary N) is 2. The zero-order chi connectivity index (χ0) is 19.5. The fourth-order valence-corrected chi connectivity index (χ4v) is 3.78. The molecule has 2 aromatic carbocycles. The molecule has 1 aliphatic heterocycles. The molecule has 1 aliphatic rings. The van der Waals surface area contributed by atoms with Crippen molar-refractivity contribution in [2.75, 3.05) is 18.4 Å². The van der Waals surface area contributed by atoms with Gasteiger partial charge in [-0.1, -0.05) is 30.3 Å². The van der Waals surface area contributed by atoms with Crippen molar-refractivity contribution >= 4 is 28.1 Å². The van der Waals surface area contributed by atoms with Crippen molar-refractivity contribution in [3.63, 3.8) is 0 Å². The topological polar surface area (TPSA) is 63.8 Å². The number of quaternary nitrogens is 1. The van der Waals surface area contributed by atoms with Crippen molar-refractivity contribution in [3.05, 3.63) is 82.2 Å². The molecule has 0 radical (unpaired) electrons. The van der Waals surface area contributed by atoms with Crippen LogP contribution in [0.1, 0.15) is 24.5 Å². The van der Waals surface area contributed by atoms with Crippen molar-refractivity contribution in [2.24, 2.45) is 0 Å². The van der Waals surface area contributed by atoms with Gasteiger partial charge in [0.05, 0.1) is 13.1 Å². The van der Waals surface area contributed by atoms with E-state index in [2.05, 4.69) is 35.7 Å². The molecule has 5 heteroatoms. The maximum atomic E-state index is 12.0. The zero-order valence-corrected chi connectivity index (χ0v) is 15.8. The molecular weight excluding hydrogens is 352 g/mol. The minimum atomic E-state index is -0.362. The number of carbonyl (C=O) groups excluding carboxylic acids is 1. The van der Waals surface area contributed by atoms with E-state index in [1.165, 1.54) is 23.0 Å². The first-order chi connectivity index (χ1) is 13.6. The average molecular weight is 375 g/mol. The second-order valence-corrected chi connectivity index (χ2v) is 7.21. The molecule has 0 saturated heterocycles. The van der Waals surface area contributed by atoms with Crippen LogP contribution in [0.4, 0.5) is 5.69 Å². The minimum absolute atomic E-state index is 0.156. The molecule has 0 saturated carbocycles. The number of amides is 1. The van der Waals surface area contributed by atoms with Crippen LogP contribution >= 0.6 is 0 Å². The Morgan fingerprint density at radius 3 is 2.68 bits per heavy atom. The Morgan fingerprint density at radius 1 is 1.14 bits per heavy atom. The highest BCUT2D eigenvalue weighted by Gasteiger charge is 2.18. The maximum absolute atomic E-state index is 12.0. The van der Waals surface area contributed by atoms with E-state index in [-0.39, 0.29) is 11.5 Å². The predicted molar refractivity (Wildman–Crippen MR) is 110 cm³/mol. The molecule has 0 aliphatic carbocycles. The Labute approximate surface area is 163 Å². The van der Waals surface area contributed by atoms with Gasteiger partial charge >= 0.3 is 5.63 Å². The van der Waals surface area contributed by atoms with Crippen LogP contribution in [-0.4, -0.2) is 19.0 Å². The summed E-state index contributed by atoms with van der Waals surface area (Å²) in [5.41, 5.74) is 4.43. The van der Waals surface area contributed by atoms with Gasteiger partial charge in [0.15, 0.2) is 0 Å². The zero-order valence-electron chi connectivity index (χ0n) is 15.8. The number of rotatable bonds is 4. The van der Waals surface area contributed by atoms with Gasteiger partial charge in [0.2, 0.25) is 5.91 Å². The lowest BCUT2D eigenvalue weighted by Crippen LogP contribution is -3.11. The number of hydrogen-bond acceptors (Lipinski definition) is 3. The Bertz CT molecular complexity index is 1100. The van der Waals surface area contributed by atoms with Gasteiger partial charge in [-0.2, -0.15) is 0 Å². The third-order valence-corrected chi connectivity index (χ3v) is 5.12. The summed E-state index contributed by atoms with van der Waals surface area (Å²) < 4.78 is 5.36. The largest absolute Gasteiger partial charge is 0.423 e. The van der Waals surface area contributed by atoms with Gasteiger partial charge in [0.1, 0.15) is 12.1 Å². The van der Waals surface area contributed by atoms with Gasteiger partial charge in [-0.05, 0) is 29.3 Å². The summed E-state index contributed by atoms with van der Waals surface area (Å²) in [6, 6.07) is 17.5. The summed E-state index contributed by atoms with van der Waals surface area (Å²) in [4.78, 5) is 24.7. The number of benzene rings is 2. The Kier molecular flexibility index (Phi) is 5.08. The normalized spacial score (nSPS) is 16.6. The molecule has 2 heterocycles. The van der Waals surface area contributed by atoms with Gasteiger partial charge in [0.25, 0.3) is 0 Å². The second-order valence-electron chi connectivity index (χ2n) is 7.21. The molecule has 1 aromatic heterocycles. The van der Waals surface area contributed by atoms with Crippen LogP contribution in [0.25, 0.3) is 16.5 Å². The smallest absolute Gasteiger partial charge is 0.336 e. The summed E-state index contributed by atoms with van der Waals surface area (Å²) in [7, 11) is 0. The molecule has 142 valence electrons.